The molecule has 0 aliphatic heterocycles. The molecular formula is C14H21NO2S. The Morgan fingerprint density at radius 1 is 1.39 bits per heavy atom. The molecular weight excluding hydrogens is 246 g/mol. The highest BCUT2D eigenvalue weighted by Crippen LogP contribution is 2.26. The van der Waals surface area contributed by atoms with Crippen LogP contribution in [0.25, 0.3) is 0 Å². The summed E-state index contributed by atoms with van der Waals surface area (Å²) >= 11 is 0. The van der Waals surface area contributed by atoms with Crippen LogP contribution in [-0.2, 0) is 23.1 Å². The van der Waals surface area contributed by atoms with Crippen molar-refractivity contribution in [1.29, 1.82) is 0 Å². The van der Waals surface area contributed by atoms with E-state index in [9.17, 15) is 4.21 Å². The summed E-state index contributed by atoms with van der Waals surface area (Å²) in [5.41, 5.74) is 7.71. The molecule has 1 saturated carbocycles. The summed E-state index contributed by atoms with van der Waals surface area (Å²) in [6, 6.07) is 5.95. The Kier molecular flexibility index (Phi) is 4.78. The van der Waals surface area contributed by atoms with E-state index in [0.29, 0.717) is 17.5 Å². The number of rotatable bonds is 5. The van der Waals surface area contributed by atoms with Crippen molar-refractivity contribution in [2.24, 2.45) is 5.73 Å². The standard InChI is InChI=1S/C14H21NO2S/c1-17-14-8-11(6-7-12(14)9-15)10-18(16)13-4-2-3-5-13/h6-8,13H,2-5,9-10,15H2,1H3. The molecule has 1 aromatic rings. The van der Waals surface area contributed by atoms with E-state index >= 15 is 0 Å². The minimum Gasteiger partial charge on any atom is -0.496 e. The Bertz CT molecular complexity index is 428. The van der Waals surface area contributed by atoms with Crippen LogP contribution in [0, 0.1) is 0 Å². The van der Waals surface area contributed by atoms with Crippen LogP contribution in [0.1, 0.15) is 36.8 Å². The molecule has 18 heavy (non-hydrogen) atoms. The molecule has 0 spiro atoms. The van der Waals surface area contributed by atoms with Gasteiger partial charge in [0.25, 0.3) is 0 Å². The first kappa shape index (κ1) is 13.6. The highest BCUT2D eigenvalue weighted by molar-refractivity contribution is 7.84. The van der Waals surface area contributed by atoms with Gasteiger partial charge in [0.1, 0.15) is 5.75 Å². The lowest BCUT2D eigenvalue weighted by atomic mass is 10.1. The van der Waals surface area contributed by atoms with Crippen LogP contribution >= 0.6 is 0 Å². The molecule has 3 nitrogen and oxygen atoms in total. The molecule has 100 valence electrons. The molecule has 0 radical (unpaired) electrons. The van der Waals surface area contributed by atoms with Crippen molar-refractivity contribution < 1.29 is 8.95 Å². The van der Waals surface area contributed by atoms with Gasteiger partial charge in [-0.2, -0.15) is 0 Å². The van der Waals surface area contributed by atoms with Gasteiger partial charge < -0.3 is 10.5 Å². The third kappa shape index (κ3) is 3.12. The predicted molar refractivity (Wildman–Crippen MR) is 75.0 cm³/mol. The van der Waals surface area contributed by atoms with Gasteiger partial charge in [-0.05, 0) is 24.5 Å². The fourth-order valence-electron chi connectivity index (χ4n) is 2.48. The molecule has 0 aromatic heterocycles. The van der Waals surface area contributed by atoms with Gasteiger partial charge in [0.05, 0.1) is 7.11 Å². The minimum absolute atomic E-state index is 0.394. The molecule has 1 atom stereocenters. The van der Waals surface area contributed by atoms with E-state index in [2.05, 4.69) is 0 Å². The highest BCUT2D eigenvalue weighted by Gasteiger charge is 2.21. The zero-order valence-electron chi connectivity index (χ0n) is 10.9. The van der Waals surface area contributed by atoms with Crippen molar-refractivity contribution in [3.63, 3.8) is 0 Å². The molecule has 1 aliphatic carbocycles. The quantitative estimate of drug-likeness (QED) is 0.891. The summed E-state index contributed by atoms with van der Waals surface area (Å²) in [6.07, 6.45) is 4.69. The molecule has 4 heteroatoms. The second kappa shape index (κ2) is 6.34. The summed E-state index contributed by atoms with van der Waals surface area (Å²) in [6.45, 7) is 0.467. The van der Waals surface area contributed by atoms with E-state index < -0.39 is 10.8 Å². The molecule has 1 aliphatic rings. The molecule has 1 fully saturated rings. The molecule has 1 aromatic carbocycles. The van der Waals surface area contributed by atoms with Crippen molar-refractivity contribution >= 4 is 10.8 Å². The van der Waals surface area contributed by atoms with E-state index in [4.69, 9.17) is 10.5 Å². The van der Waals surface area contributed by atoms with E-state index in [-0.39, 0.29) is 0 Å². The van der Waals surface area contributed by atoms with Gasteiger partial charge >= 0.3 is 0 Å². The minimum atomic E-state index is -0.752. The highest BCUT2D eigenvalue weighted by atomic mass is 32.2. The lowest BCUT2D eigenvalue weighted by molar-refractivity contribution is 0.409. The molecule has 0 amide bonds. The van der Waals surface area contributed by atoms with Crippen LogP contribution in [-0.4, -0.2) is 16.6 Å². The maximum Gasteiger partial charge on any atom is 0.123 e. The number of hydrogen-bond acceptors (Lipinski definition) is 3. The Morgan fingerprint density at radius 3 is 2.72 bits per heavy atom. The Balaban J connectivity index is 2.06. The van der Waals surface area contributed by atoms with Gasteiger partial charge in [-0.1, -0.05) is 25.0 Å². The molecule has 0 saturated heterocycles. The summed E-state index contributed by atoms with van der Waals surface area (Å²) in [5.74, 6) is 1.43. The zero-order chi connectivity index (χ0) is 13.0. The van der Waals surface area contributed by atoms with Crippen LogP contribution in [0.2, 0.25) is 0 Å². The van der Waals surface area contributed by atoms with Gasteiger partial charge in [0, 0.05) is 33.9 Å². The average molecular weight is 267 g/mol. The van der Waals surface area contributed by atoms with Crippen LogP contribution in [0.4, 0.5) is 0 Å². The topological polar surface area (TPSA) is 52.3 Å². The lowest BCUT2D eigenvalue weighted by Crippen LogP contribution is -2.12. The predicted octanol–water partition coefficient (Wildman–Crippen LogP) is 2.35. The van der Waals surface area contributed by atoms with Crippen molar-refractivity contribution in [2.75, 3.05) is 7.11 Å². The van der Waals surface area contributed by atoms with Crippen molar-refractivity contribution in [3.8, 4) is 5.75 Å². The normalized spacial score (nSPS) is 17.9. The molecule has 0 bridgehead atoms. The largest absolute Gasteiger partial charge is 0.496 e. The third-order valence-electron chi connectivity index (χ3n) is 3.55. The smallest absolute Gasteiger partial charge is 0.123 e. The number of nitrogens with two attached hydrogens (primary N) is 1. The summed E-state index contributed by atoms with van der Waals surface area (Å²) in [4.78, 5) is 0. The SMILES string of the molecule is COc1cc(CS(=O)C2CCCC2)ccc1CN. The summed E-state index contributed by atoms with van der Waals surface area (Å²) < 4.78 is 17.5. The number of ether oxygens (including phenoxy) is 1. The van der Waals surface area contributed by atoms with Gasteiger partial charge in [0.15, 0.2) is 0 Å². The first-order valence-corrected chi connectivity index (χ1v) is 7.86. The van der Waals surface area contributed by atoms with Gasteiger partial charge in [-0.15, -0.1) is 0 Å². The van der Waals surface area contributed by atoms with Gasteiger partial charge in [0.2, 0.25) is 0 Å². The zero-order valence-corrected chi connectivity index (χ0v) is 11.7. The van der Waals surface area contributed by atoms with E-state index in [1.54, 1.807) is 7.11 Å². The van der Waals surface area contributed by atoms with Crippen LogP contribution in [0.3, 0.4) is 0 Å². The molecule has 0 heterocycles. The van der Waals surface area contributed by atoms with Gasteiger partial charge in [-0.25, -0.2) is 0 Å². The second-order valence-corrected chi connectivity index (χ2v) is 6.50. The summed E-state index contributed by atoms with van der Waals surface area (Å²) in [5, 5.41) is 0.394. The van der Waals surface area contributed by atoms with Crippen LogP contribution in [0.15, 0.2) is 18.2 Å². The summed E-state index contributed by atoms with van der Waals surface area (Å²) in [7, 11) is 0.893. The van der Waals surface area contributed by atoms with Crippen LogP contribution < -0.4 is 10.5 Å². The first-order valence-electron chi connectivity index (χ1n) is 6.47. The van der Waals surface area contributed by atoms with Crippen molar-refractivity contribution in [1.82, 2.24) is 0 Å². The van der Waals surface area contributed by atoms with E-state index in [1.807, 2.05) is 18.2 Å². The monoisotopic (exact) mass is 267 g/mol. The second-order valence-electron chi connectivity index (χ2n) is 4.78. The fraction of sp³-hybridized carbons (Fsp3) is 0.571. The fourth-order valence-corrected chi connectivity index (χ4v) is 4.08. The number of methoxy groups -OCH3 is 1. The maximum absolute atomic E-state index is 12.2. The van der Waals surface area contributed by atoms with E-state index in [0.717, 1.165) is 29.7 Å². The van der Waals surface area contributed by atoms with Gasteiger partial charge in [-0.3, -0.25) is 4.21 Å². The number of hydrogen-bond donors (Lipinski definition) is 1. The molecule has 2 rings (SSSR count). The molecule has 2 N–H and O–H groups in total. The third-order valence-corrected chi connectivity index (χ3v) is 5.39. The Hall–Kier alpha value is -0.870. The lowest BCUT2D eigenvalue weighted by Gasteiger charge is -2.12. The van der Waals surface area contributed by atoms with Crippen molar-refractivity contribution in [2.45, 2.75) is 43.2 Å². The average Bonchev–Trinajstić information content (AvgIpc) is 2.92. The first-order chi connectivity index (χ1) is 8.74. The van der Waals surface area contributed by atoms with Crippen LogP contribution in [0.5, 0.6) is 5.75 Å². The number of benzene rings is 1. The molecule has 1 unspecified atom stereocenters. The Morgan fingerprint density at radius 2 is 2.11 bits per heavy atom. The van der Waals surface area contributed by atoms with Crippen molar-refractivity contribution in [3.05, 3.63) is 29.3 Å². The van der Waals surface area contributed by atoms with E-state index in [1.165, 1.54) is 12.8 Å². The maximum atomic E-state index is 12.2. The Labute approximate surface area is 111 Å².